The molecule has 0 saturated heterocycles. The molecular formula is C17H21NO. The van der Waals surface area contributed by atoms with Crippen LogP contribution in [-0.2, 0) is 6.42 Å². The molecule has 1 aliphatic carbocycles. The zero-order chi connectivity index (χ0) is 13.2. The van der Waals surface area contributed by atoms with Gasteiger partial charge in [-0.15, -0.1) is 0 Å². The number of ether oxygens (including phenoxy) is 1. The van der Waals surface area contributed by atoms with Gasteiger partial charge in [-0.3, -0.25) is 0 Å². The van der Waals surface area contributed by atoms with E-state index in [1.807, 2.05) is 6.92 Å². The van der Waals surface area contributed by atoms with Crippen LogP contribution < -0.4 is 10.5 Å². The molecule has 1 saturated carbocycles. The van der Waals surface area contributed by atoms with Crippen LogP contribution in [0.4, 0.5) is 0 Å². The molecule has 0 aromatic heterocycles. The molecule has 1 atom stereocenters. The lowest BCUT2D eigenvalue weighted by Gasteiger charge is -2.13. The fourth-order valence-corrected chi connectivity index (χ4v) is 2.48. The Morgan fingerprint density at radius 1 is 1.16 bits per heavy atom. The molecule has 3 rings (SSSR count). The van der Waals surface area contributed by atoms with Crippen molar-refractivity contribution in [3.63, 3.8) is 0 Å². The van der Waals surface area contributed by atoms with Crippen LogP contribution >= 0.6 is 0 Å². The minimum atomic E-state index is 0.182. The molecule has 2 nitrogen and oxygen atoms in total. The number of hydrogen-bond acceptors (Lipinski definition) is 2. The standard InChI is InChI=1S/C17H21NO/c1-12(18)10-14-8-9-17(19-11-13-6-7-13)16-5-3-2-4-15(14)16/h2-5,8-9,12-13H,6-7,10-11,18H2,1H3. The summed E-state index contributed by atoms with van der Waals surface area (Å²) in [5.74, 6) is 1.79. The zero-order valence-corrected chi connectivity index (χ0v) is 11.4. The fourth-order valence-electron chi connectivity index (χ4n) is 2.48. The van der Waals surface area contributed by atoms with E-state index >= 15 is 0 Å². The van der Waals surface area contributed by atoms with Gasteiger partial charge in [-0.2, -0.15) is 0 Å². The lowest BCUT2D eigenvalue weighted by Crippen LogP contribution is -2.17. The molecule has 2 N–H and O–H groups in total. The predicted molar refractivity (Wildman–Crippen MR) is 79.5 cm³/mol. The molecule has 0 heterocycles. The van der Waals surface area contributed by atoms with Gasteiger partial charge in [0, 0.05) is 11.4 Å². The largest absolute Gasteiger partial charge is 0.493 e. The molecule has 1 unspecified atom stereocenters. The maximum absolute atomic E-state index is 5.97. The second-order valence-electron chi connectivity index (χ2n) is 5.70. The van der Waals surface area contributed by atoms with Gasteiger partial charge in [-0.05, 0) is 49.1 Å². The van der Waals surface area contributed by atoms with E-state index in [-0.39, 0.29) is 6.04 Å². The number of benzene rings is 2. The van der Waals surface area contributed by atoms with Crippen molar-refractivity contribution in [2.45, 2.75) is 32.2 Å². The van der Waals surface area contributed by atoms with Crippen LogP contribution in [0.1, 0.15) is 25.3 Å². The molecule has 0 radical (unpaired) electrons. The first-order valence-electron chi connectivity index (χ1n) is 7.13. The molecule has 100 valence electrons. The van der Waals surface area contributed by atoms with Crippen LogP contribution in [0.2, 0.25) is 0 Å². The lowest BCUT2D eigenvalue weighted by atomic mass is 9.99. The van der Waals surface area contributed by atoms with Crippen LogP contribution in [0.25, 0.3) is 10.8 Å². The predicted octanol–water partition coefficient (Wildman–Crippen LogP) is 3.52. The van der Waals surface area contributed by atoms with E-state index in [2.05, 4.69) is 36.4 Å². The topological polar surface area (TPSA) is 35.2 Å². The van der Waals surface area contributed by atoms with Crippen LogP contribution in [0, 0.1) is 5.92 Å². The van der Waals surface area contributed by atoms with E-state index in [1.54, 1.807) is 0 Å². The Bertz CT molecular complexity index is 572. The first-order chi connectivity index (χ1) is 9.24. The summed E-state index contributed by atoms with van der Waals surface area (Å²) >= 11 is 0. The van der Waals surface area contributed by atoms with Gasteiger partial charge < -0.3 is 10.5 Å². The Balaban J connectivity index is 1.94. The summed E-state index contributed by atoms with van der Waals surface area (Å²) < 4.78 is 5.97. The monoisotopic (exact) mass is 255 g/mol. The smallest absolute Gasteiger partial charge is 0.127 e. The van der Waals surface area contributed by atoms with Gasteiger partial charge in [0.2, 0.25) is 0 Å². The number of rotatable bonds is 5. The van der Waals surface area contributed by atoms with E-state index in [9.17, 15) is 0 Å². The quantitative estimate of drug-likeness (QED) is 0.887. The molecule has 0 aliphatic heterocycles. The van der Waals surface area contributed by atoms with Crippen molar-refractivity contribution < 1.29 is 4.74 Å². The summed E-state index contributed by atoms with van der Waals surface area (Å²) in [5.41, 5.74) is 7.24. The van der Waals surface area contributed by atoms with Crippen molar-refractivity contribution in [1.29, 1.82) is 0 Å². The van der Waals surface area contributed by atoms with Crippen LogP contribution in [0.5, 0.6) is 5.75 Å². The summed E-state index contributed by atoms with van der Waals surface area (Å²) in [6, 6.07) is 12.9. The van der Waals surface area contributed by atoms with Gasteiger partial charge in [0.15, 0.2) is 0 Å². The van der Waals surface area contributed by atoms with Gasteiger partial charge in [0.25, 0.3) is 0 Å². The molecular weight excluding hydrogens is 234 g/mol. The van der Waals surface area contributed by atoms with E-state index in [0.717, 1.165) is 24.7 Å². The minimum Gasteiger partial charge on any atom is -0.493 e. The molecule has 0 amide bonds. The highest BCUT2D eigenvalue weighted by Gasteiger charge is 2.22. The van der Waals surface area contributed by atoms with E-state index in [4.69, 9.17) is 10.5 Å². The Morgan fingerprint density at radius 2 is 1.89 bits per heavy atom. The van der Waals surface area contributed by atoms with E-state index < -0.39 is 0 Å². The average Bonchev–Trinajstić information content (AvgIpc) is 3.21. The van der Waals surface area contributed by atoms with Crippen LogP contribution in [-0.4, -0.2) is 12.6 Å². The third-order valence-corrected chi connectivity index (χ3v) is 3.69. The summed E-state index contributed by atoms with van der Waals surface area (Å²) in [5, 5.41) is 2.48. The first kappa shape index (κ1) is 12.5. The van der Waals surface area contributed by atoms with E-state index in [1.165, 1.54) is 29.2 Å². The minimum absolute atomic E-state index is 0.182. The van der Waals surface area contributed by atoms with Gasteiger partial charge in [0.1, 0.15) is 5.75 Å². The van der Waals surface area contributed by atoms with Crippen molar-refractivity contribution in [3.05, 3.63) is 42.0 Å². The fraction of sp³-hybridized carbons (Fsp3) is 0.412. The summed E-state index contributed by atoms with van der Waals surface area (Å²) in [6.45, 7) is 2.91. The van der Waals surface area contributed by atoms with Crippen molar-refractivity contribution in [2.75, 3.05) is 6.61 Å². The van der Waals surface area contributed by atoms with Gasteiger partial charge in [-0.1, -0.05) is 30.3 Å². The van der Waals surface area contributed by atoms with Crippen molar-refractivity contribution in [3.8, 4) is 5.75 Å². The average molecular weight is 255 g/mol. The van der Waals surface area contributed by atoms with E-state index in [0.29, 0.717) is 0 Å². The van der Waals surface area contributed by atoms with Crippen molar-refractivity contribution in [1.82, 2.24) is 0 Å². The SMILES string of the molecule is CC(N)Cc1ccc(OCC2CC2)c2ccccc12. The Morgan fingerprint density at radius 3 is 2.58 bits per heavy atom. The van der Waals surface area contributed by atoms with Crippen molar-refractivity contribution >= 4 is 10.8 Å². The summed E-state index contributed by atoms with van der Waals surface area (Å²) in [6.07, 6.45) is 3.55. The lowest BCUT2D eigenvalue weighted by molar-refractivity contribution is 0.303. The molecule has 19 heavy (non-hydrogen) atoms. The van der Waals surface area contributed by atoms with Crippen LogP contribution in [0.15, 0.2) is 36.4 Å². The van der Waals surface area contributed by atoms with Crippen molar-refractivity contribution in [2.24, 2.45) is 11.7 Å². The highest BCUT2D eigenvalue weighted by atomic mass is 16.5. The summed E-state index contributed by atoms with van der Waals surface area (Å²) in [7, 11) is 0. The maximum Gasteiger partial charge on any atom is 0.127 e. The highest BCUT2D eigenvalue weighted by molar-refractivity contribution is 5.91. The molecule has 0 spiro atoms. The zero-order valence-electron chi connectivity index (χ0n) is 11.4. The third kappa shape index (κ3) is 2.90. The normalized spacial score (nSPS) is 16.5. The molecule has 1 fully saturated rings. The van der Waals surface area contributed by atoms with Crippen LogP contribution in [0.3, 0.4) is 0 Å². The molecule has 2 heteroatoms. The summed E-state index contributed by atoms with van der Waals surface area (Å²) in [4.78, 5) is 0. The second kappa shape index (κ2) is 5.22. The highest BCUT2D eigenvalue weighted by Crippen LogP contribution is 2.33. The Labute approximate surface area is 114 Å². The number of fused-ring (bicyclic) bond motifs is 1. The number of nitrogens with two attached hydrogens (primary N) is 1. The molecule has 1 aliphatic rings. The molecule has 2 aromatic carbocycles. The third-order valence-electron chi connectivity index (χ3n) is 3.69. The first-order valence-corrected chi connectivity index (χ1v) is 7.13. The Kier molecular flexibility index (Phi) is 3.43. The Hall–Kier alpha value is -1.54. The molecule has 0 bridgehead atoms. The maximum atomic E-state index is 5.97. The number of hydrogen-bond donors (Lipinski definition) is 1. The van der Waals surface area contributed by atoms with Gasteiger partial charge in [0.05, 0.1) is 6.61 Å². The second-order valence-corrected chi connectivity index (χ2v) is 5.70. The van der Waals surface area contributed by atoms with Gasteiger partial charge in [-0.25, -0.2) is 0 Å². The van der Waals surface area contributed by atoms with Gasteiger partial charge >= 0.3 is 0 Å². The molecule has 2 aromatic rings.